The lowest BCUT2D eigenvalue weighted by atomic mass is 10.1. The van der Waals surface area contributed by atoms with Gasteiger partial charge in [-0.15, -0.1) is 0 Å². The summed E-state index contributed by atoms with van der Waals surface area (Å²) in [5.74, 6) is 0.155. The molecule has 3 aromatic rings. The summed E-state index contributed by atoms with van der Waals surface area (Å²) in [5, 5.41) is 5.13. The Morgan fingerprint density at radius 2 is 1.96 bits per heavy atom. The van der Waals surface area contributed by atoms with E-state index >= 15 is 0 Å². The number of benzene rings is 1. The lowest BCUT2D eigenvalue weighted by molar-refractivity contribution is 0.0733. The van der Waals surface area contributed by atoms with Gasteiger partial charge in [0.05, 0.1) is 11.8 Å². The molecule has 0 fully saturated rings. The van der Waals surface area contributed by atoms with Crippen molar-refractivity contribution in [3.8, 4) is 5.75 Å². The minimum absolute atomic E-state index is 0.216. The SMILES string of the molecule is Cc1ccc(OC(=O)c2cnc3c(cnn3C(C)C)c2)c(C)c1. The number of fused-ring (bicyclic) bond motifs is 1. The van der Waals surface area contributed by atoms with Crippen molar-refractivity contribution < 1.29 is 9.53 Å². The van der Waals surface area contributed by atoms with Crippen molar-refractivity contribution in [1.29, 1.82) is 0 Å². The summed E-state index contributed by atoms with van der Waals surface area (Å²) in [4.78, 5) is 16.7. The third-order valence-corrected chi connectivity index (χ3v) is 3.69. The topological polar surface area (TPSA) is 57.0 Å². The minimum Gasteiger partial charge on any atom is -0.423 e. The normalized spacial score (nSPS) is 11.2. The summed E-state index contributed by atoms with van der Waals surface area (Å²) in [6.07, 6.45) is 3.25. The molecule has 3 rings (SSSR count). The number of hydrogen-bond donors (Lipinski definition) is 0. The van der Waals surface area contributed by atoms with Crippen LogP contribution in [0.1, 0.15) is 41.4 Å². The Bertz CT molecular complexity index is 881. The highest BCUT2D eigenvalue weighted by molar-refractivity contribution is 5.94. The van der Waals surface area contributed by atoms with Crippen molar-refractivity contribution >= 4 is 17.0 Å². The van der Waals surface area contributed by atoms with Crippen molar-refractivity contribution in [2.24, 2.45) is 0 Å². The molecule has 0 saturated heterocycles. The maximum atomic E-state index is 12.3. The Labute approximate surface area is 134 Å². The smallest absolute Gasteiger partial charge is 0.345 e. The number of ether oxygens (including phenoxy) is 1. The molecule has 118 valence electrons. The average Bonchev–Trinajstić information content (AvgIpc) is 2.93. The van der Waals surface area contributed by atoms with Gasteiger partial charge in [-0.1, -0.05) is 17.7 Å². The van der Waals surface area contributed by atoms with Gasteiger partial charge < -0.3 is 4.74 Å². The van der Waals surface area contributed by atoms with Crippen molar-refractivity contribution in [3.63, 3.8) is 0 Å². The predicted octanol–water partition coefficient (Wildman–Crippen LogP) is 3.85. The second kappa shape index (κ2) is 5.83. The average molecular weight is 309 g/mol. The van der Waals surface area contributed by atoms with E-state index in [1.54, 1.807) is 12.3 Å². The van der Waals surface area contributed by atoms with Gasteiger partial charge in [0.15, 0.2) is 5.65 Å². The first-order valence-electron chi connectivity index (χ1n) is 7.58. The fourth-order valence-corrected chi connectivity index (χ4v) is 2.50. The number of pyridine rings is 1. The van der Waals surface area contributed by atoms with E-state index in [4.69, 9.17) is 4.74 Å². The van der Waals surface area contributed by atoms with E-state index in [0.717, 1.165) is 22.2 Å². The van der Waals surface area contributed by atoms with Gasteiger partial charge in [-0.25, -0.2) is 14.5 Å². The molecule has 0 bridgehead atoms. The Morgan fingerprint density at radius 1 is 1.17 bits per heavy atom. The summed E-state index contributed by atoms with van der Waals surface area (Å²) >= 11 is 0. The molecular weight excluding hydrogens is 290 g/mol. The summed E-state index contributed by atoms with van der Waals surface area (Å²) in [7, 11) is 0. The van der Waals surface area contributed by atoms with Crippen LogP contribution in [-0.4, -0.2) is 20.7 Å². The number of rotatable bonds is 3. The van der Waals surface area contributed by atoms with Crippen LogP contribution in [0.2, 0.25) is 0 Å². The van der Waals surface area contributed by atoms with Crippen molar-refractivity contribution in [1.82, 2.24) is 14.8 Å². The van der Waals surface area contributed by atoms with Crippen LogP contribution >= 0.6 is 0 Å². The Morgan fingerprint density at radius 3 is 2.65 bits per heavy atom. The Hall–Kier alpha value is -2.69. The van der Waals surface area contributed by atoms with Crippen LogP contribution in [0.15, 0.2) is 36.7 Å². The van der Waals surface area contributed by atoms with Crippen LogP contribution in [0.3, 0.4) is 0 Å². The van der Waals surface area contributed by atoms with Crippen LogP contribution in [0.5, 0.6) is 5.75 Å². The molecule has 0 saturated carbocycles. The highest BCUT2D eigenvalue weighted by Gasteiger charge is 2.14. The van der Waals surface area contributed by atoms with Crippen LogP contribution in [-0.2, 0) is 0 Å². The van der Waals surface area contributed by atoms with E-state index in [-0.39, 0.29) is 6.04 Å². The van der Waals surface area contributed by atoms with E-state index in [1.807, 2.05) is 50.6 Å². The van der Waals surface area contributed by atoms with Gasteiger partial charge in [-0.2, -0.15) is 5.10 Å². The second-order valence-electron chi connectivity index (χ2n) is 5.98. The maximum Gasteiger partial charge on any atom is 0.345 e. The molecule has 0 N–H and O–H groups in total. The van der Waals surface area contributed by atoms with Gasteiger partial charge in [0.25, 0.3) is 0 Å². The van der Waals surface area contributed by atoms with E-state index in [2.05, 4.69) is 10.1 Å². The highest BCUT2D eigenvalue weighted by atomic mass is 16.5. The fraction of sp³-hybridized carbons (Fsp3) is 0.278. The zero-order chi connectivity index (χ0) is 16.6. The molecule has 0 radical (unpaired) electrons. The number of aromatic nitrogens is 3. The monoisotopic (exact) mass is 309 g/mol. The second-order valence-corrected chi connectivity index (χ2v) is 5.98. The molecule has 0 unspecified atom stereocenters. The summed E-state index contributed by atoms with van der Waals surface area (Å²) < 4.78 is 7.31. The molecule has 0 aliphatic carbocycles. The quantitative estimate of drug-likeness (QED) is 0.545. The van der Waals surface area contributed by atoms with Crippen molar-refractivity contribution in [2.45, 2.75) is 33.7 Å². The third kappa shape index (κ3) is 2.95. The highest BCUT2D eigenvalue weighted by Crippen LogP contribution is 2.21. The third-order valence-electron chi connectivity index (χ3n) is 3.69. The van der Waals surface area contributed by atoms with E-state index in [9.17, 15) is 4.79 Å². The van der Waals surface area contributed by atoms with Gasteiger partial charge in [0.1, 0.15) is 5.75 Å². The van der Waals surface area contributed by atoms with Gasteiger partial charge in [-0.05, 0) is 45.4 Å². The van der Waals surface area contributed by atoms with E-state index in [1.165, 1.54) is 6.20 Å². The standard InChI is InChI=1S/C18H19N3O2/c1-11(2)21-17-14(10-20-21)8-15(9-19-17)18(22)23-16-6-5-12(3)7-13(16)4/h5-11H,1-4H3. The van der Waals surface area contributed by atoms with E-state index < -0.39 is 5.97 Å². The molecule has 2 heterocycles. The largest absolute Gasteiger partial charge is 0.423 e. The van der Waals surface area contributed by atoms with Crippen molar-refractivity contribution in [2.75, 3.05) is 0 Å². The first-order chi connectivity index (χ1) is 11.0. The number of nitrogens with zero attached hydrogens (tertiary/aromatic N) is 3. The van der Waals surface area contributed by atoms with Gasteiger partial charge in [0.2, 0.25) is 0 Å². The molecule has 0 aliphatic heterocycles. The zero-order valence-electron chi connectivity index (χ0n) is 13.7. The first kappa shape index (κ1) is 15.2. The summed E-state index contributed by atoms with van der Waals surface area (Å²) in [5.41, 5.74) is 3.25. The summed E-state index contributed by atoms with van der Waals surface area (Å²) in [6, 6.07) is 7.69. The van der Waals surface area contributed by atoms with Gasteiger partial charge in [0, 0.05) is 17.6 Å². The molecule has 5 nitrogen and oxygen atoms in total. The number of carbonyl (C=O) groups is 1. The molecule has 0 amide bonds. The molecule has 1 aromatic carbocycles. The molecule has 0 atom stereocenters. The molecule has 5 heteroatoms. The molecule has 0 aliphatic rings. The Balaban J connectivity index is 1.89. The molecular formula is C18H19N3O2. The predicted molar refractivity (Wildman–Crippen MR) is 88.8 cm³/mol. The minimum atomic E-state index is -0.413. The Kier molecular flexibility index (Phi) is 3.86. The molecule has 23 heavy (non-hydrogen) atoms. The lowest BCUT2D eigenvalue weighted by Crippen LogP contribution is -2.10. The number of hydrogen-bond acceptors (Lipinski definition) is 4. The number of aryl methyl sites for hydroxylation is 2. The number of carbonyl (C=O) groups excluding carboxylic acids is 1. The van der Waals surface area contributed by atoms with Gasteiger partial charge >= 0.3 is 5.97 Å². The van der Waals surface area contributed by atoms with E-state index in [0.29, 0.717) is 11.3 Å². The molecule has 2 aromatic heterocycles. The summed E-state index contributed by atoms with van der Waals surface area (Å²) in [6.45, 7) is 8.00. The lowest BCUT2D eigenvalue weighted by Gasteiger charge is -2.09. The van der Waals surface area contributed by atoms with Crippen LogP contribution in [0, 0.1) is 13.8 Å². The van der Waals surface area contributed by atoms with Crippen LogP contribution in [0.4, 0.5) is 0 Å². The van der Waals surface area contributed by atoms with Gasteiger partial charge in [-0.3, -0.25) is 0 Å². The zero-order valence-corrected chi connectivity index (χ0v) is 13.7. The van der Waals surface area contributed by atoms with Crippen LogP contribution < -0.4 is 4.74 Å². The maximum absolute atomic E-state index is 12.3. The van der Waals surface area contributed by atoms with Crippen molar-refractivity contribution in [3.05, 3.63) is 53.3 Å². The first-order valence-corrected chi connectivity index (χ1v) is 7.58. The molecule has 0 spiro atoms. The number of esters is 1. The van der Waals surface area contributed by atoms with Crippen LogP contribution in [0.25, 0.3) is 11.0 Å². The fourth-order valence-electron chi connectivity index (χ4n) is 2.50.